The predicted molar refractivity (Wildman–Crippen MR) is 65.7 cm³/mol. The topological polar surface area (TPSA) is 49.3 Å². The van der Waals surface area contributed by atoms with E-state index in [1.54, 1.807) is 6.92 Å². The molecule has 1 saturated carbocycles. The molecule has 0 aliphatic heterocycles. The van der Waals surface area contributed by atoms with Crippen molar-refractivity contribution in [3.05, 3.63) is 0 Å². The Morgan fingerprint density at radius 1 is 1.50 bits per heavy atom. The number of amides is 1. The van der Waals surface area contributed by atoms with Crippen LogP contribution in [0.4, 0.5) is 0 Å². The Kier molecular flexibility index (Phi) is 3.83. The van der Waals surface area contributed by atoms with Gasteiger partial charge in [-0.2, -0.15) is 0 Å². The van der Waals surface area contributed by atoms with E-state index < -0.39 is 9.75 Å². The van der Waals surface area contributed by atoms with Crippen LogP contribution in [0.2, 0.25) is 0 Å². The molecule has 1 unspecified atom stereocenters. The highest BCUT2D eigenvalue weighted by molar-refractivity contribution is 6.53. The SMILES string of the molecule is CC(C)(CCO)CNC(=O)C1(C)CC1(Cl)Cl. The third-order valence-corrected chi connectivity index (χ3v) is 4.38. The average Bonchev–Trinajstić information content (AvgIpc) is 2.63. The summed E-state index contributed by atoms with van der Waals surface area (Å²) in [5.41, 5.74) is -0.775. The Bertz CT molecular complexity index is 292. The zero-order valence-corrected chi connectivity index (χ0v) is 11.5. The summed E-state index contributed by atoms with van der Waals surface area (Å²) < 4.78 is -0.918. The number of hydrogen-bond acceptors (Lipinski definition) is 2. The van der Waals surface area contributed by atoms with Gasteiger partial charge in [-0.05, 0) is 25.2 Å². The van der Waals surface area contributed by atoms with Crippen molar-refractivity contribution in [2.24, 2.45) is 10.8 Å². The third-order valence-electron chi connectivity index (χ3n) is 3.28. The van der Waals surface area contributed by atoms with E-state index in [9.17, 15) is 4.79 Å². The van der Waals surface area contributed by atoms with Crippen LogP contribution in [0.5, 0.6) is 0 Å². The molecule has 1 atom stereocenters. The monoisotopic (exact) mass is 267 g/mol. The maximum absolute atomic E-state index is 11.9. The van der Waals surface area contributed by atoms with Crippen LogP contribution in [-0.4, -0.2) is 28.5 Å². The molecule has 0 heterocycles. The fraction of sp³-hybridized carbons (Fsp3) is 0.909. The van der Waals surface area contributed by atoms with Crippen molar-refractivity contribution in [3.63, 3.8) is 0 Å². The Morgan fingerprint density at radius 3 is 2.38 bits per heavy atom. The van der Waals surface area contributed by atoms with Gasteiger partial charge >= 0.3 is 0 Å². The second-order valence-corrected chi connectivity index (χ2v) is 7.02. The van der Waals surface area contributed by atoms with E-state index in [0.29, 0.717) is 19.4 Å². The second kappa shape index (κ2) is 4.35. The van der Waals surface area contributed by atoms with Gasteiger partial charge < -0.3 is 10.4 Å². The van der Waals surface area contributed by atoms with Gasteiger partial charge in [-0.25, -0.2) is 0 Å². The van der Waals surface area contributed by atoms with Gasteiger partial charge in [-0.1, -0.05) is 13.8 Å². The molecule has 1 aliphatic rings. The van der Waals surface area contributed by atoms with Crippen LogP contribution < -0.4 is 5.32 Å². The van der Waals surface area contributed by atoms with Crippen molar-refractivity contribution in [2.75, 3.05) is 13.2 Å². The predicted octanol–water partition coefficient (Wildman–Crippen LogP) is 2.10. The minimum Gasteiger partial charge on any atom is -0.396 e. The number of nitrogens with one attached hydrogen (secondary N) is 1. The zero-order chi connectivity index (χ0) is 12.6. The van der Waals surface area contributed by atoms with Crippen molar-refractivity contribution >= 4 is 29.1 Å². The van der Waals surface area contributed by atoms with Gasteiger partial charge in [0.15, 0.2) is 0 Å². The van der Waals surface area contributed by atoms with Gasteiger partial charge in [-0.3, -0.25) is 4.79 Å². The summed E-state index contributed by atoms with van der Waals surface area (Å²) in [5.74, 6) is -0.108. The third kappa shape index (κ3) is 2.82. The first-order valence-corrected chi connectivity index (χ1v) is 6.17. The van der Waals surface area contributed by atoms with Gasteiger partial charge in [-0.15, -0.1) is 23.2 Å². The standard InChI is InChI=1S/C11H19Cl2NO2/c1-9(2,4-5-15)7-14-8(16)10(3)6-11(10,12)13/h15H,4-7H2,1-3H3,(H,14,16). The summed E-state index contributed by atoms with van der Waals surface area (Å²) in [5, 5.41) is 11.7. The van der Waals surface area contributed by atoms with Crippen LogP contribution in [0.25, 0.3) is 0 Å². The van der Waals surface area contributed by atoms with E-state index in [2.05, 4.69) is 5.32 Å². The van der Waals surface area contributed by atoms with Gasteiger partial charge in [0.05, 0.1) is 5.41 Å². The van der Waals surface area contributed by atoms with Crippen LogP contribution in [0, 0.1) is 10.8 Å². The lowest BCUT2D eigenvalue weighted by atomic mass is 9.89. The number of halogens is 2. The maximum atomic E-state index is 11.9. The molecule has 5 heteroatoms. The molecule has 0 saturated heterocycles. The van der Waals surface area contributed by atoms with E-state index in [-0.39, 0.29) is 17.9 Å². The molecule has 2 N–H and O–H groups in total. The number of aliphatic hydroxyl groups is 1. The lowest BCUT2D eigenvalue weighted by molar-refractivity contribution is -0.126. The Hall–Kier alpha value is 0.01000. The lowest BCUT2D eigenvalue weighted by Gasteiger charge is -2.25. The molecule has 0 bridgehead atoms. The molecule has 0 radical (unpaired) electrons. The normalized spacial score (nSPS) is 27.6. The van der Waals surface area contributed by atoms with E-state index in [1.807, 2.05) is 13.8 Å². The lowest BCUT2D eigenvalue weighted by Crippen LogP contribution is -2.39. The molecule has 0 spiro atoms. The molecule has 0 aromatic heterocycles. The smallest absolute Gasteiger partial charge is 0.229 e. The molecular formula is C11H19Cl2NO2. The van der Waals surface area contributed by atoms with Gasteiger partial charge in [0.2, 0.25) is 5.91 Å². The van der Waals surface area contributed by atoms with Crippen LogP contribution in [0.1, 0.15) is 33.6 Å². The largest absolute Gasteiger partial charge is 0.396 e. The van der Waals surface area contributed by atoms with E-state index in [0.717, 1.165) is 0 Å². The Balaban J connectivity index is 2.43. The summed E-state index contributed by atoms with van der Waals surface area (Å²) in [6.45, 7) is 6.39. The summed E-state index contributed by atoms with van der Waals surface area (Å²) >= 11 is 11.8. The summed E-state index contributed by atoms with van der Waals surface area (Å²) in [6.07, 6.45) is 1.15. The molecule has 16 heavy (non-hydrogen) atoms. The summed E-state index contributed by atoms with van der Waals surface area (Å²) in [7, 11) is 0. The quantitative estimate of drug-likeness (QED) is 0.750. The number of carbonyl (C=O) groups is 1. The fourth-order valence-corrected chi connectivity index (χ4v) is 2.26. The van der Waals surface area contributed by atoms with E-state index in [1.165, 1.54) is 0 Å². The van der Waals surface area contributed by atoms with Gasteiger partial charge in [0, 0.05) is 13.2 Å². The molecule has 3 nitrogen and oxygen atoms in total. The highest BCUT2D eigenvalue weighted by Gasteiger charge is 2.67. The molecule has 1 aliphatic carbocycles. The zero-order valence-electron chi connectivity index (χ0n) is 9.94. The number of alkyl halides is 2. The van der Waals surface area contributed by atoms with Crippen LogP contribution >= 0.6 is 23.2 Å². The van der Waals surface area contributed by atoms with Gasteiger partial charge in [0.25, 0.3) is 0 Å². The molecule has 1 rings (SSSR count). The minimum absolute atomic E-state index is 0.108. The van der Waals surface area contributed by atoms with Crippen molar-refractivity contribution in [1.29, 1.82) is 0 Å². The fourth-order valence-electron chi connectivity index (χ4n) is 1.55. The number of rotatable bonds is 5. The second-order valence-electron chi connectivity index (χ2n) is 5.53. The van der Waals surface area contributed by atoms with Crippen molar-refractivity contribution in [1.82, 2.24) is 5.32 Å². The first-order chi connectivity index (χ1) is 7.15. The first kappa shape index (κ1) is 14.1. The molecular weight excluding hydrogens is 249 g/mol. The molecule has 1 amide bonds. The van der Waals surface area contributed by atoms with Gasteiger partial charge in [0.1, 0.15) is 4.33 Å². The van der Waals surface area contributed by atoms with E-state index in [4.69, 9.17) is 28.3 Å². The van der Waals surface area contributed by atoms with Crippen molar-refractivity contribution in [3.8, 4) is 0 Å². The molecule has 0 aromatic carbocycles. The highest BCUT2D eigenvalue weighted by atomic mass is 35.5. The number of carbonyl (C=O) groups excluding carboxylic acids is 1. The van der Waals surface area contributed by atoms with Crippen LogP contribution in [-0.2, 0) is 4.79 Å². The van der Waals surface area contributed by atoms with Crippen LogP contribution in [0.3, 0.4) is 0 Å². The Morgan fingerprint density at radius 2 is 2.00 bits per heavy atom. The van der Waals surface area contributed by atoms with Crippen LogP contribution in [0.15, 0.2) is 0 Å². The summed E-state index contributed by atoms with van der Waals surface area (Å²) in [4.78, 5) is 11.9. The average molecular weight is 268 g/mol. The first-order valence-electron chi connectivity index (χ1n) is 5.42. The molecule has 0 aromatic rings. The minimum atomic E-state index is -0.918. The van der Waals surface area contributed by atoms with Crippen molar-refractivity contribution < 1.29 is 9.90 Å². The van der Waals surface area contributed by atoms with Crippen molar-refractivity contribution in [2.45, 2.75) is 37.9 Å². The number of aliphatic hydroxyl groups excluding tert-OH is 1. The Labute approximate surface area is 106 Å². The molecule has 1 fully saturated rings. The number of hydrogen-bond donors (Lipinski definition) is 2. The highest BCUT2D eigenvalue weighted by Crippen LogP contribution is 2.63. The molecule has 94 valence electrons. The van der Waals surface area contributed by atoms with E-state index >= 15 is 0 Å². The summed E-state index contributed by atoms with van der Waals surface area (Å²) in [6, 6.07) is 0. The maximum Gasteiger partial charge on any atom is 0.229 e.